The number of nitrogens with zero attached hydrogens (tertiary/aromatic N) is 4. The number of hydrogen-bond donors (Lipinski definition) is 2. The van der Waals surface area contributed by atoms with E-state index in [0.717, 1.165) is 5.56 Å². The number of aromatic nitrogens is 4. The molecule has 9 nitrogen and oxygen atoms in total. The van der Waals surface area contributed by atoms with Crippen molar-refractivity contribution in [1.29, 1.82) is 0 Å². The van der Waals surface area contributed by atoms with Gasteiger partial charge in [-0.2, -0.15) is 0 Å². The fourth-order valence-corrected chi connectivity index (χ4v) is 3.29. The van der Waals surface area contributed by atoms with Crippen LogP contribution in [0.1, 0.15) is 73.6 Å². The Labute approximate surface area is 206 Å². The molecule has 1 aromatic carbocycles. The number of pyridine rings is 1. The molecule has 0 aliphatic rings. The molecule has 3 rings (SSSR count). The first-order valence-corrected chi connectivity index (χ1v) is 11.5. The monoisotopic (exact) mass is 478 g/mol. The Balaban J connectivity index is 1.84. The van der Waals surface area contributed by atoms with Crippen molar-refractivity contribution in [1.82, 2.24) is 25.3 Å². The SMILES string of the molecule is COc1ccc(C(C)(C)C)cc1C(=O)Nc1cnc(C)c(-n2cc(C(=O)NCC(C)(C)C)nn2)c1. The highest BCUT2D eigenvalue weighted by Crippen LogP contribution is 2.29. The second-order valence-electron chi connectivity index (χ2n) is 10.7. The van der Waals surface area contributed by atoms with Crippen LogP contribution in [0.2, 0.25) is 0 Å². The molecule has 2 aromatic heterocycles. The van der Waals surface area contributed by atoms with Crippen LogP contribution in [-0.4, -0.2) is 45.4 Å². The molecule has 2 N–H and O–H groups in total. The summed E-state index contributed by atoms with van der Waals surface area (Å²) in [6, 6.07) is 7.35. The van der Waals surface area contributed by atoms with Gasteiger partial charge < -0.3 is 15.4 Å². The zero-order valence-electron chi connectivity index (χ0n) is 21.7. The molecule has 0 spiro atoms. The van der Waals surface area contributed by atoms with E-state index in [-0.39, 0.29) is 28.3 Å². The summed E-state index contributed by atoms with van der Waals surface area (Å²) in [6.07, 6.45) is 3.12. The molecule has 3 aromatic rings. The number of hydrogen-bond acceptors (Lipinski definition) is 6. The highest BCUT2D eigenvalue weighted by molar-refractivity contribution is 6.06. The van der Waals surface area contributed by atoms with Gasteiger partial charge >= 0.3 is 0 Å². The van der Waals surface area contributed by atoms with Crippen molar-refractivity contribution in [2.45, 2.75) is 53.9 Å². The molecule has 2 amide bonds. The van der Waals surface area contributed by atoms with Gasteiger partial charge in [-0.1, -0.05) is 52.8 Å². The summed E-state index contributed by atoms with van der Waals surface area (Å²) in [6.45, 7) is 14.7. The third-order valence-electron chi connectivity index (χ3n) is 5.38. The van der Waals surface area contributed by atoms with E-state index in [9.17, 15) is 9.59 Å². The van der Waals surface area contributed by atoms with E-state index in [1.165, 1.54) is 11.8 Å². The van der Waals surface area contributed by atoms with Crippen LogP contribution >= 0.6 is 0 Å². The number of aryl methyl sites for hydroxylation is 1. The van der Waals surface area contributed by atoms with Crippen LogP contribution in [0, 0.1) is 12.3 Å². The van der Waals surface area contributed by atoms with Crippen molar-refractivity contribution in [3.05, 3.63) is 59.2 Å². The van der Waals surface area contributed by atoms with Gasteiger partial charge in [0.25, 0.3) is 11.8 Å². The molecular weight excluding hydrogens is 444 g/mol. The molecule has 0 bridgehead atoms. The molecule has 0 radical (unpaired) electrons. The highest BCUT2D eigenvalue weighted by atomic mass is 16.5. The predicted octanol–water partition coefficient (Wildman–Crippen LogP) is 4.31. The molecule has 0 atom stereocenters. The fourth-order valence-electron chi connectivity index (χ4n) is 3.29. The van der Waals surface area contributed by atoms with Gasteiger partial charge in [0.2, 0.25) is 0 Å². The molecule has 0 aliphatic heterocycles. The van der Waals surface area contributed by atoms with Crippen LogP contribution in [0.3, 0.4) is 0 Å². The third kappa shape index (κ3) is 6.44. The zero-order valence-corrected chi connectivity index (χ0v) is 21.7. The minimum atomic E-state index is -0.314. The molecule has 0 fully saturated rings. The van der Waals surface area contributed by atoms with E-state index < -0.39 is 0 Å². The van der Waals surface area contributed by atoms with Gasteiger partial charge in [0.15, 0.2) is 5.69 Å². The van der Waals surface area contributed by atoms with E-state index >= 15 is 0 Å². The van der Waals surface area contributed by atoms with E-state index in [1.807, 2.05) is 39.8 Å². The summed E-state index contributed by atoms with van der Waals surface area (Å²) >= 11 is 0. The van der Waals surface area contributed by atoms with E-state index in [2.05, 4.69) is 46.7 Å². The summed E-state index contributed by atoms with van der Waals surface area (Å²) < 4.78 is 6.89. The van der Waals surface area contributed by atoms with Crippen molar-refractivity contribution in [3.63, 3.8) is 0 Å². The van der Waals surface area contributed by atoms with Gasteiger partial charge in [0.05, 0.1) is 42.1 Å². The first kappa shape index (κ1) is 25.9. The normalized spacial score (nSPS) is 11.8. The lowest BCUT2D eigenvalue weighted by Gasteiger charge is -2.21. The number of anilines is 1. The molecule has 0 unspecified atom stereocenters. The fraction of sp³-hybridized carbons (Fsp3) is 0.423. The van der Waals surface area contributed by atoms with E-state index in [1.54, 1.807) is 24.5 Å². The molecule has 9 heteroatoms. The first-order chi connectivity index (χ1) is 16.3. The van der Waals surface area contributed by atoms with Crippen LogP contribution < -0.4 is 15.4 Å². The summed E-state index contributed by atoms with van der Waals surface area (Å²) in [5.74, 6) is -0.129. The second-order valence-corrected chi connectivity index (χ2v) is 10.7. The Bertz CT molecular complexity index is 1230. The number of methoxy groups -OCH3 is 1. The smallest absolute Gasteiger partial charge is 0.273 e. The standard InChI is InChI=1S/C26H34N6O3/c1-16-21(32-14-20(30-31-32)24(34)28-15-25(2,3)4)12-18(13-27-16)29-23(33)19-11-17(26(5,6)7)9-10-22(19)35-8/h9-14H,15H2,1-8H3,(H,28,34)(H,29,33). The lowest BCUT2D eigenvalue weighted by atomic mass is 9.86. The molecule has 0 aliphatic carbocycles. The van der Waals surface area contributed by atoms with Crippen molar-refractivity contribution in [3.8, 4) is 11.4 Å². The quantitative estimate of drug-likeness (QED) is 0.546. The van der Waals surface area contributed by atoms with Gasteiger partial charge in [-0.05, 0) is 41.5 Å². The van der Waals surface area contributed by atoms with E-state index in [4.69, 9.17) is 4.74 Å². The number of benzene rings is 1. The van der Waals surface area contributed by atoms with Gasteiger partial charge in [0.1, 0.15) is 5.75 Å². The number of ether oxygens (including phenoxy) is 1. The Hall–Kier alpha value is -3.75. The topological polar surface area (TPSA) is 111 Å². The van der Waals surface area contributed by atoms with Crippen LogP contribution in [0.5, 0.6) is 5.75 Å². The largest absolute Gasteiger partial charge is 0.496 e. The van der Waals surface area contributed by atoms with Gasteiger partial charge in [-0.3, -0.25) is 14.6 Å². The maximum Gasteiger partial charge on any atom is 0.273 e. The molecule has 35 heavy (non-hydrogen) atoms. The minimum Gasteiger partial charge on any atom is -0.496 e. The average molecular weight is 479 g/mol. The van der Waals surface area contributed by atoms with Crippen LogP contribution in [-0.2, 0) is 5.41 Å². The Morgan fingerprint density at radius 1 is 1.06 bits per heavy atom. The van der Waals surface area contributed by atoms with Crippen molar-refractivity contribution in [2.24, 2.45) is 5.41 Å². The lowest BCUT2D eigenvalue weighted by Crippen LogP contribution is -2.32. The maximum absolute atomic E-state index is 13.1. The second kappa shape index (κ2) is 9.85. The summed E-state index contributed by atoms with van der Waals surface area (Å²) in [7, 11) is 1.54. The van der Waals surface area contributed by atoms with E-state index in [0.29, 0.717) is 34.9 Å². The van der Waals surface area contributed by atoms with Crippen LogP contribution in [0.25, 0.3) is 5.69 Å². The Kier molecular flexibility index (Phi) is 7.28. The van der Waals surface area contributed by atoms with Crippen LogP contribution in [0.15, 0.2) is 36.7 Å². The average Bonchev–Trinajstić information content (AvgIpc) is 3.27. The number of rotatable bonds is 6. The zero-order chi connectivity index (χ0) is 26.0. The molecule has 0 saturated carbocycles. The van der Waals surface area contributed by atoms with Crippen molar-refractivity contribution < 1.29 is 14.3 Å². The van der Waals surface area contributed by atoms with Gasteiger partial charge in [-0.15, -0.1) is 5.10 Å². The first-order valence-electron chi connectivity index (χ1n) is 11.5. The summed E-state index contributed by atoms with van der Waals surface area (Å²) in [5.41, 5.74) is 3.23. The third-order valence-corrected chi connectivity index (χ3v) is 5.38. The minimum absolute atomic E-state index is 0.0478. The Morgan fingerprint density at radius 3 is 2.40 bits per heavy atom. The van der Waals surface area contributed by atoms with Crippen LogP contribution in [0.4, 0.5) is 5.69 Å². The molecule has 186 valence electrons. The molecular formula is C26H34N6O3. The van der Waals surface area contributed by atoms with Gasteiger partial charge in [-0.25, -0.2) is 4.68 Å². The lowest BCUT2D eigenvalue weighted by molar-refractivity contribution is 0.0933. The van der Waals surface area contributed by atoms with Gasteiger partial charge in [0, 0.05) is 6.54 Å². The van der Waals surface area contributed by atoms with Crippen molar-refractivity contribution >= 4 is 17.5 Å². The number of amides is 2. The number of carbonyl (C=O) groups is 2. The molecule has 2 heterocycles. The Morgan fingerprint density at radius 2 is 1.77 bits per heavy atom. The number of carbonyl (C=O) groups excluding carboxylic acids is 2. The predicted molar refractivity (Wildman–Crippen MR) is 135 cm³/mol. The molecule has 0 saturated heterocycles. The van der Waals surface area contributed by atoms with Crippen molar-refractivity contribution in [2.75, 3.05) is 19.0 Å². The maximum atomic E-state index is 13.1. The summed E-state index contributed by atoms with van der Waals surface area (Å²) in [4.78, 5) is 30.0. The number of nitrogens with one attached hydrogen (secondary N) is 2. The summed E-state index contributed by atoms with van der Waals surface area (Å²) in [5, 5.41) is 13.8. The highest BCUT2D eigenvalue weighted by Gasteiger charge is 2.20.